The largest absolute Gasteiger partial charge is 0.342 e. The number of aromatic amines is 1. The molecule has 0 radical (unpaired) electrons. The molecule has 1 aliphatic rings. The topological polar surface area (TPSA) is 86.8 Å². The van der Waals surface area contributed by atoms with Crippen LogP contribution >= 0.6 is 0 Å². The van der Waals surface area contributed by atoms with Gasteiger partial charge in [0.05, 0.1) is 17.9 Å². The van der Waals surface area contributed by atoms with Crippen molar-refractivity contribution in [3.63, 3.8) is 0 Å². The number of rotatable bonds is 7. The number of hydrogen-bond donors (Lipinski definition) is 2. The Morgan fingerprint density at radius 3 is 2.34 bits per heavy atom. The standard InChI is InChI=1S/C28H30N6O/c1-19(2)25(33-28-29-15-7-16-30-28)27(35)34-17-6-10-24(34)26-31-18-23(32-26)22-13-11-21(12-14-22)20-8-4-3-5-9-20/h3-5,7-9,11-16,18-19,24-25H,6,10,17H2,1-2H3,(H,31,32)(H,29,30,33)/t24-,25-/m0/s1. The van der Waals surface area contributed by atoms with Gasteiger partial charge in [-0.3, -0.25) is 4.79 Å². The lowest BCUT2D eigenvalue weighted by atomic mass is 10.0. The molecule has 1 fully saturated rings. The zero-order valence-corrected chi connectivity index (χ0v) is 20.1. The number of benzene rings is 2. The molecule has 3 heterocycles. The Bertz CT molecular complexity index is 1250. The maximum absolute atomic E-state index is 13.6. The summed E-state index contributed by atoms with van der Waals surface area (Å²) in [6.45, 7) is 4.78. The minimum atomic E-state index is -0.405. The van der Waals surface area contributed by atoms with Crippen LogP contribution in [0.15, 0.2) is 79.3 Å². The highest BCUT2D eigenvalue weighted by Crippen LogP contribution is 2.33. The fraction of sp³-hybridized carbons (Fsp3) is 0.286. The Kier molecular flexibility index (Phi) is 6.57. The van der Waals surface area contributed by atoms with E-state index in [1.54, 1.807) is 18.5 Å². The average molecular weight is 467 g/mol. The lowest BCUT2D eigenvalue weighted by Gasteiger charge is -2.30. The molecular formula is C28H30N6O. The minimum Gasteiger partial charge on any atom is -0.342 e. The Hall–Kier alpha value is -4.00. The first-order valence-corrected chi connectivity index (χ1v) is 12.1. The lowest BCUT2D eigenvalue weighted by molar-refractivity contribution is -0.134. The van der Waals surface area contributed by atoms with Crippen molar-refractivity contribution in [2.45, 2.75) is 38.8 Å². The van der Waals surface area contributed by atoms with Gasteiger partial charge in [0.15, 0.2) is 0 Å². The van der Waals surface area contributed by atoms with Crippen molar-refractivity contribution >= 4 is 11.9 Å². The molecule has 5 rings (SSSR count). The van der Waals surface area contributed by atoms with Gasteiger partial charge < -0.3 is 15.2 Å². The second kappa shape index (κ2) is 10.1. The van der Waals surface area contributed by atoms with E-state index in [2.05, 4.69) is 61.7 Å². The number of imidazole rings is 1. The van der Waals surface area contributed by atoms with Gasteiger partial charge in [-0.2, -0.15) is 0 Å². The smallest absolute Gasteiger partial charge is 0.246 e. The fourth-order valence-electron chi connectivity index (χ4n) is 4.65. The molecule has 0 saturated carbocycles. The first-order chi connectivity index (χ1) is 17.1. The van der Waals surface area contributed by atoms with E-state index >= 15 is 0 Å². The van der Waals surface area contributed by atoms with E-state index in [0.717, 1.165) is 29.9 Å². The van der Waals surface area contributed by atoms with Crippen LogP contribution in [0.4, 0.5) is 5.95 Å². The predicted octanol–water partition coefficient (Wildman–Crippen LogP) is 5.33. The van der Waals surface area contributed by atoms with E-state index < -0.39 is 6.04 Å². The van der Waals surface area contributed by atoms with Crippen molar-refractivity contribution in [1.82, 2.24) is 24.8 Å². The van der Waals surface area contributed by atoms with Crippen molar-refractivity contribution in [3.05, 3.63) is 85.1 Å². The maximum Gasteiger partial charge on any atom is 0.246 e. The van der Waals surface area contributed by atoms with Gasteiger partial charge >= 0.3 is 0 Å². The summed E-state index contributed by atoms with van der Waals surface area (Å²) >= 11 is 0. The molecule has 0 spiro atoms. The monoisotopic (exact) mass is 466 g/mol. The predicted molar refractivity (Wildman–Crippen MR) is 137 cm³/mol. The van der Waals surface area contributed by atoms with Crippen LogP contribution in [0.3, 0.4) is 0 Å². The number of anilines is 1. The quantitative estimate of drug-likeness (QED) is 0.384. The summed E-state index contributed by atoms with van der Waals surface area (Å²) in [7, 11) is 0. The van der Waals surface area contributed by atoms with Crippen molar-refractivity contribution in [2.24, 2.45) is 5.92 Å². The van der Waals surface area contributed by atoms with E-state index in [1.807, 2.05) is 43.1 Å². The Morgan fingerprint density at radius 1 is 0.943 bits per heavy atom. The number of carbonyl (C=O) groups is 1. The molecule has 1 saturated heterocycles. The summed E-state index contributed by atoms with van der Waals surface area (Å²) in [5, 5.41) is 3.23. The van der Waals surface area contributed by atoms with Gasteiger partial charge in [-0.15, -0.1) is 0 Å². The SMILES string of the molecule is CC(C)[C@H](Nc1ncccn1)C(=O)N1CCC[C@H]1c1ncc(-c2ccc(-c3ccccc3)cc2)[nH]1. The van der Waals surface area contributed by atoms with E-state index in [1.165, 1.54) is 11.1 Å². The summed E-state index contributed by atoms with van der Waals surface area (Å²) in [5.74, 6) is 1.44. The molecular weight excluding hydrogens is 436 g/mol. The average Bonchev–Trinajstić information content (AvgIpc) is 3.58. The number of nitrogens with zero attached hydrogens (tertiary/aromatic N) is 4. The van der Waals surface area contributed by atoms with Gasteiger partial charge in [-0.25, -0.2) is 15.0 Å². The number of likely N-dealkylation sites (tertiary alicyclic amines) is 1. The third-order valence-corrected chi connectivity index (χ3v) is 6.53. The number of amides is 1. The van der Waals surface area contributed by atoms with Gasteiger partial charge in [-0.05, 0) is 41.5 Å². The summed E-state index contributed by atoms with van der Waals surface area (Å²) in [5.41, 5.74) is 4.40. The van der Waals surface area contributed by atoms with Crippen LogP contribution in [-0.4, -0.2) is 43.3 Å². The van der Waals surface area contributed by atoms with Crippen LogP contribution in [0.5, 0.6) is 0 Å². The van der Waals surface area contributed by atoms with Gasteiger partial charge in [0.25, 0.3) is 0 Å². The molecule has 0 aliphatic carbocycles. The van der Waals surface area contributed by atoms with Crippen LogP contribution in [0, 0.1) is 5.92 Å². The van der Waals surface area contributed by atoms with Gasteiger partial charge in [-0.1, -0.05) is 68.4 Å². The first-order valence-electron chi connectivity index (χ1n) is 12.1. The lowest BCUT2D eigenvalue weighted by Crippen LogP contribution is -2.45. The van der Waals surface area contributed by atoms with E-state index in [4.69, 9.17) is 0 Å². The number of H-pyrrole nitrogens is 1. The summed E-state index contributed by atoms with van der Waals surface area (Å²) in [4.78, 5) is 32.2. The highest BCUT2D eigenvalue weighted by molar-refractivity contribution is 5.85. The van der Waals surface area contributed by atoms with E-state index in [-0.39, 0.29) is 17.9 Å². The van der Waals surface area contributed by atoms with Gasteiger partial charge in [0, 0.05) is 18.9 Å². The number of aromatic nitrogens is 4. The van der Waals surface area contributed by atoms with Crippen molar-refractivity contribution in [1.29, 1.82) is 0 Å². The molecule has 7 nitrogen and oxygen atoms in total. The maximum atomic E-state index is 13.6. The van der Waals surface area contributed by atoms with E-state index in [0.29, 0.717) is 12.5 Å². The molecule has 1 amide bonds. The Balaban J connectivity index is 1.33. The van der Waals surface area contributed by atoms with Crippen LogP contribution < -0.4 is 5.32 Å². The van der Waals surface area contributed by atoms with Crippen LogP contribution in [0.1, 0.15) is 38.6 Å². The molecule has 2 atom stereocenters. The number of carbonyl (C=O) groups excluding carboxylic acids is 1. The highest BCUT2D eigenvalue weighted by Gasteiger charge is 2.37. The van der Waals surface area contributed by atoms with Crippen LogP contribution in [0.2, 0.25) is 0 Å². The van der Waals surface area contributed by atoms with Crippen LogP contribution in [0.25, 0.3) is 22.4 Å². The molecule has 178 valence electrons. The van der Waals surface area contributed by atoms with Crippen LogP contribution in [-0.2, 0) is 4.79 Å². The molecule has 4 aromatic rings. The van der Waals surface area contributed by atoms with E-state index in [9.17, 15) is 4.79 Å². The summed E-state index contributed by atoms with van der Waals surface area (Å²) in [6, 6.07) is 20.1. The third kappa shape index (κ3) is 4.94. The Morgan fingerprint density at radius 2 is 1.63 bits per heavy atom. The van der Waals surface area contributed by atoms with Crippen molar-refractivity contribution in [2.75, 3.05) is 11.9 Å². The molecule has 35 heavy (non-hydrogen) atoms. The Labute approximate surface area is 205 Å². The molecule has 0 unspecified atom stereocenters. The molecule has 0 bridgehead atoms. The molecule has 2 aromatic heterocycles. The second-order valence-corrected chi connectivity index (χ2v) is 9.25. The molecule has 1 aliphatic heterocycles. The molecule has 2 aromatic carbocycles. The zero-order valence-electron chi connectivity index (χ0n) is 20.1. The summed E-state index contributed by atoms with van der Waals surface area (Å²) in [6.07, 6.45) is 7.05. The molecule has 7 heteroatoms. The minimum absolute atomic E-state index is 0.0557. The number of nitrogens with one attached hydrogen (secondary N) is 2. The zero-order chi connectivity index (χ0) is 24.2. The van der Waals surface area contributed by atoms with Gasteiger partial charge in [0.1, 0.15) is 11.9 Å². The summed E-state index contributed by atoms with van der Waals surface area (Å²) < 4.78 is 0. The van der Waals surface area contributed by atoms with Gasteiger partial charge in [0.2, 0.25) is 11.9 Å². The highest BCUT2D eigenvalue weighted by atomic mass is 16.2. The molecule has 2 N–H and O–H groups in total. The second-order valence-electron chi connectivity index (χ2n) is 9.25. The first kappa shape index (κ1) is 22.8. The number of hydrogen-bond acceptors (Lipinski definition) is 5. The third-order valence-electron chi connectivity index (χ3n) is 6.53. The fourth-order valence-corrected chi connectivity index (χ4v) is 4.65. The normalized spacial score (nSPS) is 16.4. The van der Waals surface area contributed by atoms with Crippen molar-refractivity contribution in [3.8, 4) is 22.4 Å². The van der Waals surface area contributed by atoms with Crippen molar-refractivity contribution < 1.29 is 4.79 Å².